The van der Waals surface area contributed by atoms with Crippen molar-refractivity contribution in [3.05, 3.63) is 18.1 Å². The molecule has 9 nitrogen and oxygen atoms in total. The lowest BCUT2D eigenvalue weighted by Gasteiger charge is -2.17. The first-order chi connectivity index (χ1) is 11.6. The topological polar surface area (TPSA) is 103 Å². The van der Waals surface area contributed by atoms with E-state index in [4.69, 9.17) is 0 Å². The Morgan fingerprint density at radius 2 is 2.08 bits per heavy atom. The van der Waals surface area contributed by atoms with Crippen LogP contribution in [0.15, 0.2) is 12.3 Å². The predicted molar refractivity (Wildman–Crippen MR) is 86.3 cm³/mol. The minimum absolute atomic E-state index is 0.266. The zero-order valence-electron chi connectivity index (χ0n) is 13.9. The first-order valence-electron chi connectivity index (χ1n) is 8.52. The molecule has 2 fully saturated rings. The molecule has 0 aliphatic heterocycles. The number of rotatable bonds is 6. The molecule has 0 aromatic carbocycles. The monoisotopic (exact) mass is 330 g/mol. The van der Waals surface area contributed by atoms with Crippen LogP contribution in [-0.4, -0.2) is 36.0 Å². The average Bonchev–Trinajstić information content (AvgIpc) is 3.48. The fourth-order valence-corrected chi connectivity index (χ4v) is 2.99. The van der Waals surface area contributed by atoms with E-state index in [1.807, 2.05) is 22.4 Å². The molecule has 2 amide bonds. The number of anilines is 1. The van der Waals surface area contributed by atoms with E-state index in [9.17, 15) is 4.79 Å². The maximum atomic E-state index is 12.3. The molecule has 2 heterocycles. The van der Waals surface area contributed by atoms with E-state index in [0.29, 0.717) is 29.6 Å². The molecule has 2 aromatic rings. The smallest absolute Gasteiger partial charge is 0.320 e. The van der Waals surface area contributed by atoms with E-state index >= 15 is 0 Å². The van der Waals surface area contributed by atoms with Crippen LogP contribution in [0.3, 0.4) is 0 Å². The number of nitrogens with one attached hydrogen (secondary N) is 2. The molecule has 2 aliphatic rings. The third kappa shape index (κ3) is 2.98. The summed E-state index contributed by atoms with van der Waals surface area (Å²) in [4.78, 5) is 12.3. The van der Waals surface area contributed by atoms with Gasteiger partial charge in [-0.15, -0.1) is 5.10 Å². The Hall–Kier alpha value is -2.45. The van der Waals surface area contributed by atoms with Gasteiger partial charge in [0, 0.05) is 6.07 Å². The number of carbonyl (C=O) groups is 1. The molecule has 2 atom stereocenters. The zero-order chi connectivity index (χ0) is 16.7. The highest BCUT2D eigenvalue weighted by molar-refractivity contribution is 5.88. The standard InChI is InChI=1S/C15H22N8O/c1-9(14-19-20-21-23(14)12-5-6-12)17-15(24)18-13-7-8-16-22(13)10(2)11-3-4-11/h7-12H,3-6H2,1-2H3,(H2,17,18,24). The minimum atomic E-state index is -0.280. The molecule has 9 heteroatoms. The maximum Gasteiger partial charge on any atom is 0.320 e. The third-order valence-corrected chi connectivity index (χ3v) is 4.75. The summed E-state index contributed by atoms with van der Waals surface area (Å²) in [5, 5.41) is 21.9. The van der Waals surface area contributed by atoms with Crippen molar-refractivity contribution in [2.75, 3.05) is 5.32 Å². The number of hydrogen-bond acceptors (Lipinski definition) is 5. The van der Waals surface area contributed by atoms with Crippen LogP contribution in [-0.2, 0) is 0 Å². The Bertz CT molecular complexity index is 729. The van der Waals surface area contributed by atoms with E-state index in [1.165, 1.54) is 12.8 Å². The highest BCUT2D eigenvalue weighted by atomic mass is 16.2. The number of urea groups is 1. The lowest BCUT2D eigenvalue weighted by molar-refractivity contribution is 0.248. The van der Waals surface area contributed by atoms with Gasteiger partial charge in [0.05, 0.1) is 24.3 Å². The van der Waals surface area contributed by atoms with Gasteiger partial charge in [-0.3, -0.25) is 5.32 Å². The predicted octanol–water partition coefficient (Wildman–Crippen LogP) is 2.06. The number of carbonyl (C=O) groups excluding carboxylic acids is 1. The summed E-state index contributed by atoms with van der Waals surface area (Å²) in [6.45, 7) is 4.02. The van der Waals surface area contributed by atoms with Gasteiger partial charge in [0.25, 0.3) is 0 Å². The van der Waals surface area contributed by atoms with Crippen molar-refractivity contribution >= 4 is 11.8 Å². The molecule has 128 valence electrons. The summed E-state index contributed by atoms with van der Waals surface area (Å²) in [6.07, 6.45) is 6.36. The second-order valence-electron chi connectivity index (χ2n) is 6.77. The Morgan fingerprint density at radius 3 is 2.79 bits per heavy atom. The molecule has 2 saturated carbocycles. The van der Waals surface area contributed by atoms with Crippen molar-refractivity contribution < 1.29 is 4.79 Å². The Labute approximate surface area is 139 Å². The molecular weight excluding hydrogens is 308 g/mol. The summed E-state index contributed by atoms with van der Waals surface area (Å²) in [5.41, 5.74) is 0. The van der Waals surface area contributed by atoms with Crippen molar-refractivity contribution in [3.8, 4) is 0 Å². The lowest BCUT2D eigenvalue weighted by Crippen LogP contribution is -2.33. The number of nitrogens with zero attached hydrogens (tertiary/aromatic N) is 6. The number of aromatic nitrogens is 6. The van der Waals surface area contributed by atoms with Gasteiger partial charge in [0.2, 0.25) is 0 Å². The number of tetrazole rings is 1. The maximum absolute atomic E-state index is 12.3. The molecule has 4 rings (SSSR count). The summed E-state index contributed by atoms with van der Waals surface area (Å²) in [7, 11) is 0. The van der Waals surface area contributed by atoms with Crippen LogP contribution in [0.25, 0.3) is 0 Å². The Morgan fingerprint density at radius 1 is 1.29 bits per heavy atom. The van der Waals surface area contributed by atoms with Crippen molar-refractivity contribution in [1.82, 2.24) is 35.3 Å². The van der Waals surface area contributed by atoms with Crippen molar-refractivity contribution in [1.29, 1.82) is 0 Å². The highest BCUT2D eigenvalue weighted by Gasteiger charge is 2.31. The van der Waals surface area contributed by atoms with Gasteiger partial charge in [-0.05, 0) is 55.9 Å². The van der Waals surface area contributed by atoms with Crippen LogP contribution in [0.5, 0.6) is 0 Å². The molecule has 24 heavy (non-hydrogen) atoms. The van der Waals surface area contributed by atoms with Crippen molar-refractivity contribution in [3.63, 3.8) is 0 Å². The van der Waals surface area contributed by atoms with Gasteiger partial charge in [-0.1, -0.05) is 0 Å². The van der Waals surface area contributed by atoms with E-state index in [0.717, 1.165) is 12.8 Å². The fraction of sp³-hybridized carbons (Fsp3) is 0.667. The summed E-state index contributed by atoms with van der Waals surface area (Å²) in [6, 6.07) is 1.95. The largest absolute Gasteiger partial charge is 0.328 e. The van der Waals surface area contributed by atoms with Crippen LogP contribution in [0, 0.1) is 5.92 Å². The van der Waals surface area contributed by atoms with Crippen molar-refractivity contribution in [2.45, 2.75) is 57.7 Å². The van der Waals surface area contributed by atoms with Gasteiger partial charge < -0.3 is 5.32 Å². The zero-order valence-corrected chi connectivity index (χ0v) is 13.9. The fourth-order valence-electron chi connectivity index (χ4n) is 2.99. The van der Waals surface area contributed by atoms with Crippen LogP contribution in [0.4, 0.5) is 10.6 Å². The van der Waals surface area contributed by atoms with Crippen LogP contribution < -0.4 is 10.6 Å². The van der Waals surface area contributed by atoms with E-state index in [-0.39, 0.29) is 12.1 Å². The Kier molecular flexibility index (Phi) is 3.70. The van der Waals surface area contributed by atoms with Gasteiger partial charge in [-0.25, -0.2) is 14.2 Å². The third-order valence-electron chi connectivity index (χ3n) is 4.75. The molecule has 0 radical (unpaired) electrons. The molecular formula is C15H22N8O. The van der Waals surface area contributed by atoms with Gasteiger partial charge in [0.15, 0.2) is 5.82 Å². The number of amides is 2. The molecule has 0 bridgehead atoms. The van der Waals surface area contributed by atoms with Gasteiger partial charge >= 0.3 is 6.03 Å². The quantitative estimate of drug-likeness (QED) is 0.844. The van der Waals surface area contributed by atoms with Crippen molar-refractivity contribution in [2.24, 2.45) is 5.92 Å². The Balaban J connectivity index is 1.40. The minimum Gasteiger partial charge on any atom is -0.328 e. The molecule has 0 spiro atoms. The average molecular weight is 330 g/mol. The highest BCUT2D eigenvalue weighted by Crippen LogP contribution is 2.40. The molecule has 2 N–H and O–H groups in total. The first kappa shape index (κ1) is 15.1. The molecule has 2 aromatic heterocycles. The molecule has 0 saturated heterocycles. The van der Waals surface area contributed by atoms with Gasteiger partial charge in [-0.2, -0.15) is 5.10 Å². The normalized spacial score (nSPS) is 19.8. The van der Waals surface area contributed by atoms with Gasteiger partial charge in [0.1, 0.15) is 5.82 Å². The van der Waals surface area contributed by atoms with E-state index in [1.54, 1.807) is 6.20 Å². The van der Waals surface area contributed by atoms with Crippen LogP contribution in [0.2, 0.25) is 0 Å². The van der Waals surface area contributed by atoms with E-state index < -0.39 is 0 Å². The molecule has 2 aliphatic carbocycles. The second kappa shape index (κ2) is 5.88. The summed E-state index contributed by atoms with van der Waals surface area (Å²) >= 11 is 0. The summed E-state index contributed by atoms with van der Waals surface area (Å²) < 4.78 is 3.69. The summed E-state index contributed by atoms with van der Waals surface area (Å²) in [5.74, 6) is 2.06. The SMILES string of the molecule is CC(NC(=O)Nc1ccnn1C(C)C1CC1)c1nnnn1C1CC1. The van der Waals surface area contributed by atoms with Crippen LogP contribution in [0.1, 0.15) is 63.5 Å². The van der Waals surface area contributed by atoms with E-state index in [2.05, 4.69) is 38.2 Å². The lowest BCUT2D eigenvalue weighted by atomic mass is 10.2. The number of hydrogen-bond donors (Lipinski definition) is 2. The van der Waals surface area contributed by atoms with Crippen LogP contribution >= 0.6 is 0 Å². The first-order valence-corrected chi connectivity index (χ1v) is 8.52. The molecule has 2 unspecified atom stereocenters. The second-order valence-corrected chi connectivity index (χ2v) is 6.77.